The molecule has 1 aromatic heterocycles. The van der Waals surface area contributed by atoms with Crippen molar-refractivity contribution in [2.45, 2.75) is 110 Å². The van der Waals surface area contributed by atoms with E-state index in [1.165, 1.54) is 83.5 Å². The fourth-order valence-corrected chi connectivity index (χ4v) is 3.62. The SMILES string of the molecule is CCCCCCCCCCCCCCCCCC(=O)Oc1c[c]ncc1I. The molecule has 1 rings (SSSR count). The monoisotopic (exact) mass is 486 g/mol. The number of unbranched alkanes of at least 4 members (excludes halogenated alkanes) is 14. The van der Waals surface area contributed by atoms with Gasteiger partial charge in [0.1, 0.15) is 5.75 Å². The fraction of sp³-hybridized carbons (Fsp3) is 0.739. The highest BCUT2D eigenvalue weighted by Crippen LogP contribution is 2.19. The molecule has 1 aromatic rings. The molecule has 0 aliphatic rings. The van der Waals surface area contributed by atoms with Crippen LogP contribution < -0.4 is 4.74 Å². The van der Waals surface area contributed by atoms with Crippen LogP contribution in [0.2, 0.25) is 0 Å². The van der Waals surface area contributed by atoms with E-state index in [0.717, 1.165) is 16.4 Å². The topological polar surface area (TPSA) is 39.2 Å². The molecular formula is C23H37INO2. The van der Waals surface area contributed by atoms with Crippen LogP contribution in [0.1, 0.15) is 110 Å². The average Bonchev–Trinajstić information content (AvgIpc) is 2.66. The number of rotatable bonds is 17. The predicted octanol–water partition coefficient (Wildman–Crippen LogP) is 7.65. The molecule has 153 valence electrons. The molecule has 0 aliphatic carbocycles. The Labute approximate surface area is 180 Å². The fourth-order valence-electron chi connectivity index (χ4n) is 3.21. The Hall–Kier alpha value is -0.650. The summed E-state index contributed by atoms with van der Waals surface area (Å²) in [6, 6.07) is 1.62. The van der Waals surface area contributed by atoms with Gasteiger partial charge in [0.15, 0.2) is 0 Å². The molecule has 0 atom stereocenters. The van der Waals surface area contributed by atoms with Crippen molar-refractivity contribution in [2.24, 2.45) is 0 Å². The van der Waals surface area contributed by atoms with E-state index in [0.29, 0.717) is 12.2 Å². The second-order valence-electron chi connectivity index (χ2n) is 7.42. The van der Waals surface area contributed by atoms with Gasteiger partial charge in [0, 0.05) is 18.7 Å². The normalized spacial score (nSPS) is 10.9. The highest BCUT2D eigenvalue weighted by atomic mass is 127. The Morgan fingerprint density at radius 1 is 0.889 bits per heavy atom. The number of hydrogen-bond acceptors (Lipinski definition) is 3. The molecule has 0 bridgehead atoms. The van der Waals surface area contributed by atoms with Crippen molar-refractivity contribution >= 4 is 28.6 Å². The Morgan fingerprint density at radius 2 is 1.37 bits per heavy atom. The number of halogens is 1. The molecule has 0 amide bonds. The molecular weight excluding hydrogens is 449 g/mol. The van der Waals surface area contributed by atoms with Crippen molar-refractivity contribution in [2.75, 3.05) is 0 Å². The highest BCUT2D eigenvalue weighted by Gasteiger charge is 2.07. The maximum absolute atomic E-state index is 11.8. The molecule has 0 spiro atoms. The molecule has 3 nitrogen and oxygen atoms in total. The molecule has 27 heavy (non-hydrogen) atoms. The molecule has 1 radical (unpaired) electrons. The van der Waals surface area contributed by atoms with Crippen LogP contribution in [0, 0.1) is 9.77 Å². The zero-order valence-electron chi connectivity index (χ0n) is 17.1. The third-order valence-electron chi connectivity index (χ3n) is 4.89. The summed E-state index contributed by atoms with van der Waals surface area (Å²) in [6.07, 6.45) is 24.8. The third kappa shape index (κ3) is 14.1. The van der Waals surface area contributed by atoms with Crippen molar-refractivity contribution < 1.29 is 9.53 Å². The zero-order chi connectivity index (χ0) is 19.6. The van der Waals surface area contributed by atoms with E-state index < -0.39 is 0 Å². The molecule has 0 aliphatic heterocycles. The zero-order valence-corrected chi connectivity index (χ0v) is 19.3. The molecule has 0 N–H and O–H groups in total. The second-order valence-corrected chi connectivity index (χ2v) is 8.58. The molecule has 0 aromatic carbocycles. The highest BCUT2D eigenvalue weighted by molar-refractivity contribution is 14.1. The first kappa shape index (κ1) is 24.4. The Morgan fingerprint density at radius 3 is 1.85 bits per heavy atom. The average molecular weight is 486 g/mol. The van der Waals surface area contributed by atoms with E-state index in [4.69, 9.17) is 4.74 Å². The number of ether oxygens (including phenoxy) is 1. The summed E-state index contributed by atoms with van der Waals surface area (Å²) >= 11 is 2.11. The molecule has 4 heteroatoms. The first-order valence-corrected chi connectivity index (χ1v) is 12.0. The molecule has 0 fully saturated rings. The Balaban J connectivity index is 1.82. The van der Waals surface area contributed by atoms with Crippen LogP contribution in [-0.2, 0) is 4.79 Å². The van der Waals surface area contributed by atoms with Gasteiger partial charge in [-0.1, -0.05) is 96.8 Å². The van der Waals surface area contributed by atoms with E-state index in [1.54, 1.807) is 12.3 Å². The third-order valence-corrected chi connectivity index (χ3v) is 5.70. The first-order valence-electron chi connectivity index (χ1n) is 11.0. The van der Waals surface area contributed by atoms with Gasteiger partial charge in [0.05, 0.1) is 9.77 Å². The number of aromatic nitrogens is 1. The van der Waals surface area contributed by atoms with Crippen LogP contribution in [-0.4, -0.2) is 11.0 Å². The van der Waals surface area contributed by atoms with Gasteiger partial charge < -0.3 is 4.74 Å². The minimum Gasteiger partial charge on any atom is -0.425 e. The van der Waals surface area contributed by atoms with Crippen molar-refractivity contribution in [1.82, 2.24) is 4.98 Å². The van der Waals surface area contributed by atoms with Gasteiger partial charge in [-0.05, 0) is 29.0 Å². The quantitative estimate of drug-likeness (QED) is 0.129. The minimum absolute atomic E-state index is 0.151. The van der Waals surface area contributed by atoms with E-state index in [9.17, 15) is 4.79 Å². The summed E-state index contributed by atoms with van der Waals surface area (Å²) in [4.78, 5) is 15.7. The number of esters is 1. The van der Waals surface area contributed by atoms with Gasteiger partial charge in [0.25, 0.3) is 0 Å². The summed E-state index contributed by atoms with van der Waals surface area (Å²) in [7, 11) is 0. The standard InChI is InChI=1S/C23H37INO2/c1-2-3-4-5-6-7-8-9-10-11-12-13-14-15-16-17-23(26)27-22-18-19-25-20-21(22)24/h18,20H,2-17H2,1H3. The van der Waals surface area contributed by atoms with E-state index in [2.05, 4.69) is 40.7 Å². The lowest BCUT2D eigenvalue weighted by Gasteiger charge is -2.06. The summed E-state index contributed by atoms with van der Waals surface area (Å²) < 4.78 is 6.19. The predicted molar refractivity (Wildman–Crippen MR) is 121 cm³/mol. The van der Waals surface area contributed by atoms with Crippen LogP contribution in [0.25, 0.3) is 0 Å². The lowest BCUT2D eigenvalue weighted by Crippen LogP contribution is -2.08. The van der Waals surface area contributed by atoms with E-state index in [1.807, 2.05) is 0 Å². The van der Waals surface area contributed by atoms with Gasteiger partial charge in [-0.15, -0.1) is 0 Å². The van der Waals surface area contributed by atoms with Crippen LogP contribution in [0.5, 0.6) is 5.75 Å². The lowest BCUT2D eigenvalue weighted by molar-refractivity contribution is -0.134. The van der Waals surface area contributed by atoms with Gasteiger partial charge in [-0.3, -0.25) is 9.78 Å². The molecule has 1 heterocycles. The Bertz CT molecular complexity index is 493. The Kier molecular flexibility index (Phi) is 15.8. The number of hydrogen-bond donors (Lipinski definition) is 0. The summed E-state index contributed by atoms with van der Waals surface area (Å²) in [5, 5.41) is 0. The molecule has 0 saturated carbocycles. The van der Waals surface area contributed by atoms with Gasteiger partial charge in [0.2, 0.25) is 0 Å². The van der Waals surface area contributed by atoms with Crippen LogP contribution in [0.3, 0.4) is 0 Å². The van der Waals surface area contributed by atoms with E-state index >= 15 is 0 Å². The van der Waals surface area contributed by atoms with Crippen molar-refractivity contribution in [3.05, 3.63) is 22.0 Å². The van der Waals surface area contributed by atoms with Gasteiger partial charge >= 0.3 is 5.97 Å². The molecule has 0 saturated heterocycles. The van der Waals surface area contributed by atoms with Gasteiger partial charge in [-0.25, -0.2) is 0 Å². The number of carbonyl (C=O) groups excluding carboxylic acids is 1. The van der Waals surface area contributed by atoms with Crippen molar-refractivity contribution in [3.63, 3.8) is 0 Å². The summed E-state index contributed by atoms with van der Waals surface area (Å²) in [6.45, 7) is 2.28. The molecule has 0 unspecified atom stereocenters. The van der Waals surface area contributed by atoms with E-state index in [-0.39, 0.29) is 5.97 Å². The summed E-state index contributed by atoms with van der Waals surface area (Å²) in [5.41, 5.74) is 0. The van der Waals surface area contributed by atoms with Crippen molar-refractivity contribution in [3.8, 4) is 5.75 Å². The maximum Gasteiger partial charge on any atom is 0.311 e. The second kappa shape index (κ2) is 17.4. The summed E-state index contributed by atoms with van der Waals surface area (Å²) in [5.74, 6) is 0.416. The van der Waals surface area contributed by atoms with Crippen LogP contribution in [0.4, 0.5) is 0 Å². The minimum atomic E-state index is -0.151. The van der Waals surface area contributed by atoms with Crippen LogP contribution in [0.15, 0.2) is 12.3 Å². The number of carbonyl (C=O) groups is 1. The maximum atomic E-state index is 11.8. The smallest absolute Gasteiger partial charge is 0.311 e. The van der Waals surface area contributed by atoms with Gasteiger partial charge in [-0.2, -0.15) is 0 Å². The first-order chi connectivity index (χ1) is 13.2. The number of pyridine rings is 1. The lowest BCUT2D eigenvalue weighted by atomic mass is 10.0. The largest absolute Gasteiger partial charge is 0.425 e. The van der Waals surface area contributed by atoms with Crippen LogP contribution >= 0.6 is 22.6 Å². The number of nitrogens with zero attached hydrogens (tertiary/aromatic N) is 1. The van der Waals surface area contributed by atoms with Crippen molar-refractivity contribution in [1.29, 1.82) is 0 Å².